The number of benzene rings is 2. The Morgan fingerprint density at radius 2 is 1.86 bits per heavy atom. The lowest BCUT2D eigenvalue weighted by Crippen LogP contribution is -2.44. The van der Waals surface area contributed by atoms with Crippen LogP contribution in [0.4, 0.5) is 0 Å². The summed E-state index contributed by atoms with van der Waals surface area (Å²) >= 11 is 7.27. The van der Waals surface area contributed by atoms with E-state index in [2.05, 4.69) is 11.4 Å². The van der Waals surface area contributed by atoms with Crippen LogP contribution in [0, 0.1) is 24.2 Å². The van der Waals surface area contributed by atoms with Crippen LogP contribution in [0.3, 0.4) is 0 Å². The van der Waals surface area contributed by atoms with Crippen LogP contribution in [0.15, 0.2) is 59.1 Å². The van der Waals surface area contributed by atoms with E-state index in [9.17, 15) is 14.9 Å². The number of rotatable bonds is 5. The second kappa shape index (κ2) is 9.17. The van der Waals surface area contributed by atoms with Crippen molar-refractivity contribution >= 4 is 35.2 Å². The summed E-state index contributed by atoms with van der Waals surface area (Å²) in [5.74, 6) is -2.41. The smallest absolute Gasteiger partial charge is 0.319 e. The van der Waals surface area contributed by atoms with Crippen molar-refractivity contribution in [3.05, 3.63) is 80.8 Å². The molecule has 29 heavy (non-hydrogen) atoms. The van der Waals surface area contributed by atoms with Gasteiger partial charge in [-0.05, 0) is 30.2 Å². The van der Waals surface area contributed by atoms with Crippen molar-refractivity contribution in [2.75, 3.05) is 7.11 Å². The van der Waals surface area contributed by atoms with E-state index < -0.39 is 23.7 Å². The fraction of sp³-hybridized carbons (Fsp3) is 0.227. The molecule has 7 heteroatoms. The molecule has 0 fully saturated rings. The average molecular weight is 427 g/mol. The first kappa shape index (κ1) is 21.0. The third-order valence-corrected chi connectivity index (χ3v) is 6.06. The number of hydrogen-bond donors (Lipinski definition) is 1. The number of nitriles is 1. The van der Waals surface area contributed by atoms with Gasteiger partial charge in [0, 0.05) is 16.7 Å². The summed E-state index contributed by atoms with van der Waals surface area (Å²) in [6, 6.07) is 17.0. The van der Waals surface area contributed by atoms with Crippen molar-refractivity contribution in [2.45, 2.75) is 18.6 Å². The molecule has 0 radical (unpaired) electrons. The first-order chi connectivity index (χ1) is 13.9. The van der Waals surface area contributed by atoms with Crippen LogP contribution in [0.25, 0.3) is 0 Å². The van der Waals surface area contributed by atoms with Gasteiger partial charge in [0.1, 0.15) is 5.92 Å². The maximum atomic E-state index is 12.8. The third kappa shape index (κ3) is 4.64. The normalized spacial score (nSPS) is 18.8. The van der Waals surface area contributed by atoms with E-state index in [1.807, 2.05) is 43.3 Å². The van der Waals surface area contributed by atoms with Gasteiger partial charge in [-0.3, -0.25) is 9.59 Å². The topological polar surface area (TPSA) is 79.2 Å². The Labute approximate surface area is 178 Å². The predicted octanol–water partition coefficient (Wildman–Crippen LogP) is 4.32. The number of hydrogen-bond acceptors (Lipinski definition) is 5. The summed E-state index contributed by atoms with van der Waals surface area (Å²) < 4.78 is 4.85. The van der Waals surface area contributed by atoms with Crippen LogP contribution in [0.5, 0.6) is 0 Å². The number of amides is 1. The Morgan fingerprint density at radius 1 is 1.21 bits per heavy atom. The lowest BCUT2D eigenvalue weighted by Gasteiger charge is -2.31. The maximum Gasteiger partial charge on any atom is 0.319 e. The fourth-order valence-corrected chi connectivity index (χ4v) is 4.32. The van der Waals surface area contributed by atoms with E-state index >= 15 is 0 Å². The zero-order valence-corrected chi connectivity index (χ0v) is 17.5. The van der Waals surface area contributed by atoms with Crippen LogP contribution < -0.4 is 5.32 Å². The van der Waals surface area contributed by atoms with Crippen molar-refractivity contribution in [3.8, 4) is 6.07 Å². The number of halogens is 1. The zero-order valence-electron chi connectivity index (χ0n) is 15.9. The van der Waals surface area contributed by atoms with Gasteiger partial charge >= 0.3 is 5.97 Å². The molecule has 5 nitrogen and oxygen atoms in total. The third-order valence-electron chi connectivity index (χ3n) is 4.72. The Balaban J connectivity index is 2.00. The second-order valence-electron chi connectivity index (χ2n) is 6.65. The highest BCUT2D eigenvalue weighted by Crippen LogP contribution is 2.40. The molecule has 1 N–H and O–H groups in total. The van der Waals surface area contributed by atoms with Gasteiger partial charge in [0.25, 0.3) is 0 Å². The Kier molecular flexibility index (Phi) is 6.63. The molecule has 0 aliphatic carbocycles. The lowest BCUT2D eigenvalue weighted by atomic mass is 9.78. The molecule has 0 aromatic heterocycles. The highest BCUT2D eigenvalue weighted by atomic mass is 35.5. The van der Waals surface area contributed by atoms with Crippen molar-refractivity contribution in [3.63, 3.8) is 0 Å². The predicted molar refractivity (Wildman–Crippen MR) is 113 cm³/mol. The van der Waals surface area contributed by atoms with Crippen LogP contribution in [-0.2, 0) is 20.1 Å². The Bertz CT molecular complexity index is 994. The highest BCUT2D eigenvalue weighted by molar-refractivity contribution is 8.02. The number of ether oxygens (including phenoxy) is 1. The van der Waals surface area contributed by atoms with Crippen molar-refractivity contribution in [2.24, 2.45) is 5.92 Å². The number of methoxy groups -OCH3 is 1. The van der Waals surface area contributed by atoms with Gasteiger partial charge in [-0.2, -0.15) is 5.26 Å². The monoisotopic (exact) mass is 426 g/mol. The molecule has 0 saturated heterocycles. The number of carbonyl (C=O) groups is 2. The average Bonchev–Trinajstić information content (AvgIpc) is 2.73. The molecule has 1 heterocycles. The standard InChI is InChI=1S/C22H19ClN2O3S/c1-13-3-7-15(8-4-13)18-17(11-24)21(25-20(26)19(18)22(27)28-2)29-12-14-5-9-16(23)10-6-14/h3-10,18-19H,12H2,1-2H3,(H,25,26). The van der Waals surface area contributed by atoms with Crippen LogP contribution in [-0.4, -0.2) is 19.0 Å². The molecule has 0 bridgehead atoms. The molecule has 2 atom stereocenters. The first-order valence-electron chi connectivity index (χ1n) is 8.91. The number of thioether (sulfide) groups is 1. The second-order valence-corrected chi connectivity index (χ2v) is 8.07. The Hall–Kier alpha value is -2.75. The SMILES string of the molecule is COC(=O)C1C(=O)NC(SCc2ccc(Cl)cc2)=C(C#N)C1c1ccc(C)cc1. The summed E-state index contributed by atoms with van der Waals surface area (Å²) in [5, 5.41) is 13.7. The summed E-state index contributed by atoms with van der Waals surface area (Å²) in [7, 11) is 1.24. The van der Waals surface area contributed by atoms with Gasteiger partial charge in [-0.25, -0.2) is 0 Å². The number of nitrogens with one attached hydrogen (secondary N) is 1. The van der Waals surface area contributed by atoms with Gasteiger partial charge in [0.05, 0.1) is 23.8 Å². The molecular weight excluding hydrogens is 408 g/mol. The molecule has 1 amide bonds. The van der Waals surface area contributed by atoms with Crippen molar-refractivity contribution in [1.29, 1.82) is 5.26 Å². The molecule has 0 saturated carbocycles. The van der Waals surface area contributed by atoms with Gasteiger partial charge in [0.15, 0.2) is 0 Å². The molecule has 2 aromatic carbocycles. The summed E-state index contributed by atoms with van der Waals surface area (Å²) in [4.78, 5) is 25.2. The summed E-state index contributed by atoms with van der Waals surface area (Å²) in [6.07, 6.45) is 0. The fourth-order valence-electron chi connectivity index (χ4n) is 3.19. The van der Waals surface area contributed by atoms with Gasteiger partial charge in [-0.15, -0.1) is 11.8 Å². The zero-order chi connectivity index (χ0) is 21.0. The quantitative estimate of drug-likeness (QED) is 0.569. The number of carbonyl (C=O) groups excluding carboxylic acids is 2. The van der Waals surface area contributed by atoms with E-state index in [-0.39, 0.29) is 0 Å². The minimum atomic E-state index is -1.11. The minimum absolute atomic E-state index is 0.350. The number of allylic oxidation sites excluding steroid dienone is 1. The van der Waals surface area contributed by atoms with E-state index in [1.165, 1.54) is 18.9 Å². The molecule has 2 aromatic rings. The molecule has 3 rings (SSSR count). The van der Waals surface area contributed by atoms with E-state index in [0.29, 0.717) is 21.4 Å². The molecule has 148 valence electrons. The molecular formula is C22H19ClN2O3S. The van der Waals surface area contributed by atoms with Gasteiger partial charge in [-0.1, -0.05) is 53.6 Å². The largest absolute Gasteiger partial charge is 0.468 e. The van der Waals surface area contributed by atoms with E-state index in [4.69, 9.17) is 16.3 Å². The molecule has 1 aliphatic heterocycles. The van der Waals surface area contributed by atoms with Gasteiger partial charge in [0.2, 0.25) is 5.91 Å². The summed E-state index contributed by atoms with van der Waals surface area (Å²) in [5.41, 5.74) is 3.12. The van der Waals surface area contributed by atoms with Crippen LogP contribution in [0.1, 0.15) is 22.6 Å². The summed E-state index contributed by atoms with van der Waals surface area (Å²) in [6.45, 7) is 1.95. The molecule has 0 spiro atoms. The number of nitrogens with zero attached hydrogens (tertiary/aromatic N) is 1. The van der Waals surface area contributed by atoms with Crippen molar-refractivity contribution in [1.82, 2.24) is 5.32 Å². The molecule has 2 unspecified atom stereocenters. The van der Waals surface area contributed by atoms with E-state index in [0.717, 1.165) is 16.7 Å². The van der Waals surface area contributed by atoms with Gasteiger partial charge < -0.3 is 10.1 Å². The van der Waals surface area contributed by atoms with Crippen LogP contribution in [0.2, 0.25) is 5.02 Å². The van der Waals surface area contributed by atoms with Crippen molar-refractivity contribution < 1.29 is 14.3 Å². The number of aryl methyl sites for hydroxylation is 1. The maximum absolute atomic E-state index is 12.8. The highest BCUT2D eigenvalue weighted by Gasteiger charge is 2.44. The number of esters is 1. The van der Waals surface area contributed by atoms with E-state index in [1.54, 1.807) is 12.1 Å². The lowest BCUT2D eigenvalue weighted by molar-refractivity contribution is -0.150. The Morgan fingerprint density at radius 3 is 2.45 bits per heavy atom. The first-order valence-corrected chi connectivity index (χ1v) is 10.3. The molecule has 1 aliphatic rings. The van der Waals surface area contributed by atoms with Crippen LogP contribution >= 0.6 is 23.4 Å². The minimum Gasteiger partial charge on any atom is -0.468 e.